The number of likely N-dealkylation sites (tertiary alicyclic amines) is 1. The number of aromatic nitrogens is 1. The Hall–Kier alpha value is -1.98. The van der Waals surface area contributed by atoms with E-state index in [2.05, 4.69) is 15.2 Å². The van der Waals surface area contributed by atoms with E-state index in [1.54, 1.807) is 30.6 Å². The fraction of sp³-hybridized carbons (Fsp3) is 0.421. The third kappa shape index (κ3) is 6.26. The molecule has 1 aliphatic rings. The number of piperidine rings is 1. The molecule has 3 rings (SSSR count). The number of carbonyl (C=O) groups excluding carboxylic acids is 1. The van der Waals surface area contributed by atoms with Gasteiger partial charge >= 0.3 is 0 Å². The highest BCUT2D eigenvalue weighted by molar-refractivity contribution is 5.73. The standard InChI is InChI=1S/C14H21FN2.C5H5NO/c1-16-10-12-5-7-17(8-6-12)11-13-3-2-4-14(15)9-13;7-4-5-1-2-6-3-5/h2-4,9,12,16H,5-8,10-11H2,1H3;1-4,6H. The summed E-state index contributed by atoms with van der Waals surface area (Å²) in [5, 5.41) is 3.24. The van der Waals surface area contributed by atoms with E-state index >= 15 is 0 Å². The molecule has 0 aliphatic carbocycles. The second-order valence-corrected chi connectivity index (χ2v) is 6.17. The number of halogens is 1. The Bertz CT molecular complexity index is 592. The first-order valence-corrected chi connectivity index (χ1v) is 8.40. The Morgan fingerprint density at radius 2 is 2.12 bits per heavy atom. The van der Waals surface area contributed by atoms with E-state index in [0.29, 0.717) is 5.56 Å². The minimum Gasteiger partial charge on any atom is -0.367 e. The van der Waals surface area contributed by atoms with Gasteiger partial charge in [-0.05, 0) is 69.2 Å². The second kappa shape index (κ2) is 10.0. The smallest absolute Gasteiger partial charge is 0.151 e. The number of benzene rings is 1. The van der Waals surface area contributed by atoms with Crippen molar-refractivity contribution >= 4 is 6.29 Å². The van der Waals surface area contributed by atoms with Gasteiger partial charge in [-0.15, -0.1) is 0 Å². The van der Waals surface area contributed by atoms with Gasteiger partial charge in [0.15, 0.2) is 6.29 Å². The quantitative estimate of drug-likeness (QED) is 0.828. The lowest BCUT2D eigenvalue weighted by Gasteiger charge is -2.31. The summed E-state index contributed by atoms with van der Waals surface area (Å²) >= 11 is 0. The van der Waals surface area contributed by atoms with E-state index in [1.165, 1.54) is 18.9 Å². The minimum atomic E-state index is -0.132. The number of hydrogen-bond donors (Lipinski definition) is 2. The summed E-state index contributed by atoms with van der Waals surface area (Å²) in [5.41, 5.74) is 1.78. The summed E-state index contributed by atoms with van der Waals surface area (Å²) in [6.07, 6.45) is 6.65. The van der Waals surface area contributed by atoms with Gasteiger partial charge in [0.1, 0.15) is 5.82 Å². The molecule has 0 saturated carbocycles. The van der Waals surface area contributed by atoms with E-state index in [0.717, 1.165) is 43.9 Å². The van der Waals surface area contributed by atoms with E-state index in [-0.39, 0.29) is 5.82 Å². The number of aldehydes is 1. The van der Waals surface area contributed by atoms with Crippen LogP contribution in [0.5, 0.6) is 0 Å². The topological polar surface area (TPSA) is 48.1 Å². The van der Waals surface area contributed by atoms with Crippen molar-refractivity contribution in [2.45, 2.75) is 19.4 Å². The van der Waals surface area contributed by atoms with Gasteiger partial charge in [-0.25, -0.2) is 4.39 Å². The fourth-order valence-electron chi connectivity index (χ4n) is 2.94. The molecule has 2 N–H and O–H groups in total. The zero-order valence-electron chi connectivity index (χ0n) is 14.2. The number of nitrogens with zero attached hydrogens (tertiary/aromatic N) is 1. The van der Waals surface area contributed by atoms with Gasteiger partial charge in [0.2, 0.25) is 0 Å². The normalized spacial score (nSPS) is 15.6. The van der Waals surface area contributed by atoms with Crippen molar-refractivity contribution in [2.24, 2.45) is 5.92 Å². The molecule has 0 amide bonds. The summed E-state index contributed by atoms with van der Waals surface area (Å²) in [7, 11) is 2.01. The molecule has 130 valence electrons. The maximum Gasteiger partial charge on any atom is 0.151 e. The number of carbonyl (C=O) groups is 1. The van der Waals surface area contributed by atoms with Crippen molar-refractivity contribution in [1.29, 1.82) is 0 Å². The third-order valence-corrected chi connectivity index (χ3v) is 4.25. The highest BCUT2D eigenvalue weighted by Crippen LogP contribution is 2.18. The van der Waals surface area contributed by atoms with E-state index in [1.807, 2.05) is 13.1 Å². The van der Waals surface area contributed by atoms with E-state index < -0.39 is 0 Å². The first kappa shape index (κ1) is 18.4. The van der Waals surface area contributed by atoms with Crippen molar-refractivity contribution in [3.63, 3.8) is 0 Å². The van der Waals surface area contributed by atoms with Crippen LogP contribution in [-0.2, 0) is 6.54 Å². The Kier molecular flexibility index (Phi) is 7.65. The minimum absolute atomic E-state index is 0.132. The van der Waals surface area contributed by atoms with Gasteiger partial charge in [-0.1, -0.05) is 12.1 Å². The largest absolute Gasteiger partial charge is 0.367 e. The zero-order valence-corrected chi connectivity index (χ0v) is 14.2. The van der Waals surface area contributed by atoms with Crippen LogP contribution in [0, 0.1) is 11.7 Å². The van der Waals surface area contributed by atoms with Crippen LogP contribution in [0.4, 0.5) is 4.39 Å². The number of rotatable bonds is 5. The monoisotopic (exact) mass is 331 g/mol. The summed E-state index contributed by atoms with van der Waals surface area (Å²) < 4.78 is 13.1. The molecule has 2 heterocycles. The average molecular weight is 331 g/mol. The molecule has 4 nitrogen and oxygen atoms in total. The molecule has 1 aromatic carbocycles. The Balaban J connectivity index is 0.000000249. The summed E-state index contributed by atoms with van der Waals surface area (Å²) in [4.78, 5) is 15.0. The molecular weight excluding hydrogens is 305 g/mol. The SMILES string of the molecule is CNCC1CCN(Cc2cccc(F)c2)CC1.O=Cc1cc[nH]c1. The predicted molar refractivity (Wildman–Crippen MR) is 94.5 cm³/mol. The second-order valence-electron chi connectivity index (χ2n) is 6.17. The van der Waals surface area contributed by atoms with E-state index in [9.17, 15) is 9.18 Å². The number of H-pyrrole nitrogens is 1. The highest BCUT2D eigenvalue weighted by atomic mass is 19.1. The summed E-state index contributed by atoms with van der Waals surface area (Å²) in [6.45, 7) is 4.25. The molecule has 1 aliphatic heterocycles. The Morgan fingerprint density at radius 1 is 1.33 bits per heavy atom. The summed E-state index contributed by atoms with van der Waals surface area (Å²) in [5.74, 6) is 0.677. The summed E-state index contributed by atoms with van der Waals surface area (Å²) in [6, 6.07) is 8.65. The maximum absolute atomic E-state index is 13.1. The molecular formula is C19H26FN3O. The molecule has 0 unspecified atom stereocenters. The molecule has 2 aromatic rings. The van der Waals surface area contributed by atoms with Crippen LogP contribution in [0.15, 0.2) is 42.7 Å². The lowest BCUT2D eigenvalue weighted by Crippen LogP contribution is -2.36. The Labute approximate surface area is 143 Å². The first-order chi connectivity index (χ1) is 11.7. The van der Waals surface area contributed by atoms with Crippen LogP contribution < -0.4 is 5.32 Å². The van der Waals surface area contributed by atoms with Crippen LogP contribution in [0.1, 0.15) is 28.8 Å². The number of nitrogens with one attached hydrogen (secondary N) is 2. The van der Waals surface area contributed by atoms with Crippen molar-refractivity contribution in [3.8, 4) is 0 Å². The van der Waals surface area contributed by atoms with E-state index in [4.69, 9.17) is 0 Å². The van der Waals surface area contributed by atoms with Crippen LogP contribution in [-0.4, -0.2) is 42.9 Å². The van der Waals surface area contributed by atoms with Gasteiger partial charge in [0.05, 0.1) is 0 Å². The van der Waals surface area contributed by atoms with Crippen molar-refractivity contribution in [1.82, 2.24) is 15.2 Å². The van der Waals surface area contributed by atoms with Crippen molar-refractivity contribution in [2.75, 3.05) is 26.7 Å². The zero-order chi connectivity index (χ0) is 17.2. The van der Waals surface area contributed by atoms with Crippen LogP contribution in [0.2, 0.25) is 0 Å². The number of aromatic amines is 1. The van der Waals surface area contributed by atoms with Gasteiger partial charge < -0.3 is 10.3 Å². The average Bonchev–Trinajstić information content (AvgIpc) is 3.11. The first-order valence-electron chi connectivity index (χ1n) is 8.40. The molecule has 1 saturated heterocycles. The lowest BCUT2D eigenvalue weighted by atomic mass is 9.96. The maximum atomic E-state index is 13.1. The van der Waals surface area contributed by atoms with Gasteiger partial charge in [-0.3, -0.25) is 9.69 Å². The molecule has 1 fully saturated rings. The van der Waals surface area contributed by atoms with Gasteiger partial charge in [0, 0.05) is 24.5 Å². The lowest BCUT2D eigenvalue weighted by molar-refractivity contribution is 0.112. The van der Waals surface area contributed by atoms with Gasteiger partial charge in [-0.2, -0.15) is 0 Å². The molecule has 5 heteroatoms. The molecule has 0 atom stereocenters. The fourth-order valence-corrected chi connectivity index (χ4v) is 2.94. The Morgan fingerprint density at radius 3 is 2.67 bits per heavy atom. The third-order valence-electron chi connectivity index (χ3n) is 4.25. The van der Waals surface area contributed by atoms with Crippen LogP contribution in [0.25, 0.3) is 0 Å². The molecule has 0 spiro atoms. The molecule has 24 heavy (non-hydrogen) atoms. The van der Waals surface area contributed by atoms with Crippen molar-refractivity contribution < 1.29 is 9.18 Å². The van der Waals surface area contributed by atoms with Crippen molar-refractivity contribution in [3.05, 3.63) is 59.7 Å². The number of hydrogen-bond acceptors (Lipinski definition) is 3. The molecule has 0 radical (unpaired) electrons. The molecule has 1 aromatic heterocycles. The van der Waals surface area contributed by atoms with Crippen LogP contribution >= 0.6 is 0 Å². The predicted octanol–water partition coefficient (Wildman–Crippen LogP) is 3.08. The van der Waals surface area contributed by atoms with Gasteiger partial charge in [0.25, 0.3) is 0 Å². The highest BCUT2D eigenvalue weighted by Gasteiger charge is 2.18. The molecule has 0 bridgehead atoms. The van der Waals surface area contributed by atoms with Crippen LogP contribution in [0.3, 0.4) is 0 Å².